The molecule has 144 valence electrons. The van der Waals surface area contributed by atoms with Crippen LogP contribution in [0.2, 0.25) is 5.02 Å². The maximum atomic E-state index is 12.2. The van der Waals surface area contributed by atoms with Crippen LogP contribution in [0.5, 0.6) is 5.75 Å². The Balaban J connectivity index is 1.45. The third-order valence-electron chi connectivity index (χ3n) is 4.45. The summed E-state index contributed by atoms with van der Waals surface area (Å²) in [5.74, 6) is 2.67. The molecule has 1 aliphatic heterocycles. The van der Waals surface area contributed by atoms with Crippen LogP contribution >= 0.6 is 23.4 Å². The first-order chi connectivity index (χ1) is 13.0. The summed E-state index contributed by atoms with van der Waals surface area (Å²) in [6, 6.07) is 9.87. The van der Waals surface area contributed by atoms with Crippen molar-refractivity contribution >= 4 is 35.0 Å². The molecule has 0 atom stereocenters. The van der Waals surface area contributed by atoms with Gasteiger partial charge in [-0.3, -0.25) is 4.79 Å². The molecular formula is C21H24ClNO3S. The van der Waals surface area contributed by atoms with Crippen LogP contribution in [-0.2, 0) is 21.9 Å². The quantitative estimate of drug-likeness (QED) is 0.620. The molecule has 0 spiro atoms. The van der Waals surface area contributed by atoms with Gasteiger partial charge in [0.1, 0.15) is 5.75 Å². The minimum absolute atomic E-state index is 0.0635. The second-order valence-electron chi connectivity index (χ2n) is 6.63. The van der Waals surface area contributed by atoms with E-state index < -0.39 is 0 Å². The number of carbonyl (C=O) groups is 1. The Morgan fingerprint density at radius 2 is 2.04 bits per heavy atom. The number of para-hydroxylation sites is 1. The molecule has 27 heavy (non-hydrogen) atoms. The molecule has 3 rings (SSSR count). The standard InChI is InChI=1S/C21H24ClNO3S/c1-14-5-3-6-15(2)20(14)23-19(24)7-4-8-27-12-17-10-18(22)9-16-11-25-13-26-21(16)17/h3,5-6,9-10H,4,7-8,11-13H2,1-2H3,(H,23,24). The number of anilines is 1. The van der Waals surface area contributed by atoms with Gasteiger partial charge in [0.25, 0.3) is 0 Å². The highest BCUT2D eigenvalue weighted by Crippen LogP contribution is 2.34. The van der Waals surface area contributed by atoms with E-state index in [1.54, 1.807) is 11.8 Å². The summed E-state index contributed by atoms with van der Waals surface area (Å²) in [4.78, 5) is 12.2. The number of thioether (sulfide) groups is 1. The van der Waals surface area contributed by atoms with Crippen LogP contribution in [0.3, 0.4) is 0 Å². The molecule has 0 saturated carbocycles. The van der Waals surface area contributed by atoms with Crippen LogP contribution in [0.15, 0.2) is 30.3 Å². The van der Waals surface area contributed by atoms with Crippen molar-refractivity contribution in [2.75, 3.05) is 17.9 Å². The van der Waals surface area contributed by atoms with E-state index in [0.717, 1.165) is 51.6 Å². The van der Waals surface area contributed by atoms with Crippen molar-refractivity contribution in [3.05, 3.63) is 57.6 Å². The van der Waals surface area contributed by atoms with Crippen LogP contribution in [0, 0.1) is 13.8 Å². The number of rotatable bonds is 7. The lowest BCUT2D eigenvalue weighted by Crippen LogP contribution is -2.13. The minimum Gasteiger partial charge on any atom is -0.467 e. The monoisotopic (exact) mass is 405 g/mol. The molecule has 0 aromatic heterocycles. The SMILES string of the molecule is Cc1cccc(C)c1NC(=O)CCCSCc1cc(Cl)cc2c1OCOC2. The summed E-state index contributed by atoms with van der Waals surface area (Å²) in [7, 11) is 0. The first kappa shape index (κ1) is 20.1. The molecule has 0 bridgehead atoms. The van der Waals surface area contributed by atoms with Crippen LogP contribution in [0.4, 0.5) is 5.69 Å². The first-order valence-corrected chi connectivity index (χ1v) is 10.5. The van der Waals surface area contributed by atoms with Crippen molar-refractivity contribution in [2.45, 2.75) is 39.0 Å². The Labute approximate surface area is 169 Å². The number of carbonyl (C=O) groups excluding carboxylic acids is 1. The maximum Gasteiger partial charge on any atom is 0.224 e. The highest BCUT2D eigenvalue weighted by Gasteiger charge is 2.16. The summed E-state index contributed by atoms with van der Waals surface area (Å²) >= 11 is 7.98. The summed E-state index contributed by atoms with van der Waals surface area (Å²) in [6.07, 6.45) is 1.34. The number of halogens is 1. The van der Waals surface area contributed by atoms with E-state index in [1.807, 2.05) is 44.2 Å². The fraction of sp³-hybridized carbons (Fsp3) is 0.381. The lowest BCUT2D eigenvalue weighted by atomic mass is 10.1. The molecule has 4 nitrogen and oxygen atoms in total. The second-order valence-corrected chi connectivity index (χ2v) is 8.18. The number of ether oxygens (including phenoxy) is 2. The largest absolute Gasteiger partial charge is 0.467 e. The summed E-state index contributed by atoms with van der Waals surface area (Å²) in [6.45, 7) is 4.84. The first-order valence-electron chi connectivity index (χ1n) is 9.00. The zero-order valence-electron chi connectivity index (χ0n) is 15.6. The fourth-order valence-corrected chi connectivity index (χ4v) is 4.28. The van der Waals surface area contributed by atoms with Gasteiger partial charge in [-0.05, 0) is 49.3 Å². The van der Waals surface area contributed by atoms with E-state index in [2.05, 4.69) is 5.32 Å². The van der Waals surface area contributed by atoms with Crippen molar-refractivity contribution in [1.82, 2.24) is 0 Å². The average Bonchev–Trinajstić information content (AvgIpc) is 2.64. The number of fused-ring (bicyclic) bond motifs is 1. The van der Waals surface area contributed by atoms with Gasteiger partial charge < -0.3 is 14.8 Å². The Bertz CT molecular complexity index is 805. The van der Waals surface area contributed by atoms with Gasteiger partial charge in [-0.2, -0.15) is 11.8 Å². The Hall–Kier alpha value is -1.69. The Morgan fingerprint density at radius 3 is 2.81 bits per heavy atom. The van der Waals surface area contributed by atoms with Gasteiger partial charge >= 0.3 is 0 Å². The number of aryl methyl sites for hydroxylation is 2. The molecule has 2 aromatic rings. The summed E-state index contributed by atoms with van der Waals surface area (Å²) in [5.41, 5.74) is 5.20. The van der Waals surface area contributed by atoms with Crippen LogP contribution in [0.25, 0.3) is 0 Å². The highest BCUT2D eigenvalue weighted by atomic mass is 35.5. The smallest absolute Gasteiger partial charge is 0.224 e. The molecule has 1 heterocycles. The van der Waals surface area contributed by atoms with E-state index in [0.29, 0.717) is 18.1 Å². The number of nitrogens with one attached hydrogen (secondary N) is 1. The molecule has 6 heteroatoms. The van der Waals surface area contributed by atoms with Crippen molar-refractivity contribution in [1.29, 1.82) is 0 Å². The summed E-state index contributed by atoms with van der Waals surface area (Å²) in [5, 5.41) is 3.74. The molecule has 0 aliphatic carbocycles. The number of hydrogen-bond acceptors (Lipinski definition) is 4. The highest BCUT2D eigenvalue weighted by molar-refractivity contribution is 7.98. The van der Waals surface area contributed by atoms with Crippen molar-refractivity contribution in [3.8, 4) is 5.75 Å². The van der Waals surface area contributed by atoms with Crippen LogP contribution in [0.1, 0.15) is 35.1 Å². The van der Waals surface area contributed by atoms with E-state index in [-0.39, 0.29) is 12.7 Å². The number of hydrogen-bond donors (Lipinski definition) is 1. The predicted molar refractivity (Wildman–Crippen MR) is 112 cm³/mol. The van der Waals surface area contributed by atoms with Gasteiger partial charge in [0.05, 0.1) is 6.61 Å². The Morgan fingerprint density at radius 1 is 1.26 bits per heavy atom. The molecular weight excluding hydrogens is 382 g/mol. The van der Waals surface area contributed by atoms with Crippen molar-refractivity contribution < 1.29 is 14.3 Å². The molecule has 1 aliphatic rings. The molecule has 2 aromatic carbocycles. The molecule has 0 fully saturated rings. The molecule has 1 amide bonds. The second kappa shape index (κ2) is 9.49. The molecule has 0 saturated heterocycles. The summed E-state index contributed by atoms with van der Waals surface area (Å²) < 4.78 is 10.9. The minimum atomic E-state index is 0.0635. The Kier molecular flexibility index (Phi) is 7.05. The van der Waals surface area contributed by atoms with Gasteiger partial charge in [-0.25, -0.2) is 0 Å². The normalized spacial score (nSPS) is 13.0. The maximum absolute atomic E-state index is 12.2. The van der Waals surface area contributed by atoms with Gasteiger partial charge in [-0.15, -0.1) is 0 Å². The van der Waals surface area contributed by atoms with E-state index >= 15 is 0 Å². The van der Waals surface area contributed by atoms with Crippen molar-refractivity contribution in [2.24, 2.45) is 0 Å². The molecule has 1 N–H and O–H groups in total. The molecule has 0 unspecified atom stereocenters. The van der Waals surface area contributed by atoms with Crippen molar-refractivity contribution in [3.63, 3.8) is 0 Å². The van der Waals surface area contributed by atoms with E-state index in [9.17, 15) is 4.79 Å². The third-order valence-corrected chi connectivity index (χ3v) is 5.76. The average molecular weight is 406 g/mol. The lowest BCUT2D eigenvalue weighted by molar-refractivity contribution is -0.116. The zero-order valence-corrected chi connectivity index (χ0v) is 17.2. The van der Waals surface area contributed by atoms with E-state index in [1.165, 1.54) is 0 Å². The van der Waals surface area contributed by atoms with Gasteiger partial charge in [0, 0.05) is 34.0 Å². The predicted octanol–water partition coefficient (Wildman–Crippen LogP) is 5.48. The van der Waals surface area contributed by atoms with Gasteiger partial charge in [-0.1, -0.05) is 29.8 Å². The van der Waals surface area contributed by atoms with E-state index in [4.69, 9.17) is 21.1 Å². The van der Waals surface area contributed by atoms with Crippen LogP contribution < -0.4 is 10.1 Å². The zero-order chi connectivity index (χ0) is 19.2. The number of benzene rings is 2. The van der Waals surface area contributed by atoms with Gasteiger partial charge in [0.15, 0.2) is 6.79 Å². The van der Waals surface area contributed by atoms with Crippen LogP contribution in [-0.4, -0.2) is 18.5 Å². The van der Waals surface area contributed by atoms with Gasteiger partial charge in [0.2, 0.25) is 5.91 Å². The lowest BCUT2D eigenvalue weighted by Gasteiger charge is -2.21. The number of amides is 1. The fourth-order valence-electron chi connectivity index (χ4n) is 3.09. The third kappa shape index (κ3) is 5.41. The molecule has 0 radical (unpaired) electrons. The topological polar surface area (TPSA) is 47.6 Å².